The zero-order valence-electron chi connectivity index (χ0n) is 16.3. The average molecular weight is 440 g/mol. The van der Waals surface area contributed by atoms with Crippen LogP contribution >= 0.6 is 11.6 Å². The minimum atomic E-state index is -0.792. The molecule has 1 heterocycles. The zero-order chi connectivity index (χ0) is 22.0. The maximum atomic E-state index is 12.4. The summed E-state index contributed by atoms with van der Waals surface area (Å²) in [7, 11) is 0. The van der Waals surface area contributed by atoms with Gasteiger partial charge in [-0.25, -0.2) is 0 Å². The van der Waals surface area contributed by atoms with Gasteiger partial charge in [0.2, 0.25) is 0 Å². The molecule has 1 aliphatic rings. The molecule has 2 aromatic carbocycles. The standard InChI is InChI=1S/C23H18ClNO6/c24-18-3-1-2-17-19(26)11-21(31-22(17)18)13-4-5-20(15(8-13)12-25)30-7-6-29-16-9-14(10-16)23(27)28/h1-5,8,11,14,16H,6-7,9-10H2,(H,27,28). The van der Waals surface area contributed by atoms with Gasteiger partial charge < -0.3 is 19.0 Å². The number of nitriles is 1. The van der Waals surface area contributed by atoms with E-state index in [4.69, 9.17) is 30.6 Å². The van der Waals surface area contributed by atoms with Gasteiger partial charge in [0.15, 0.2) is 11.0 Å². The highest BCUT2D eigenvalue weighted by Crippen LogP contribution is 2.31. The molecule has 0 aliphatic heterocycles. The lowest BCUT2D eigenvalue weighted by Gasteiger charge is -2.31. The summed E-state index contributed by atoms with van der Waals surface area (Å²) in [6.07, 6.45) is 0.952. The first kappa shape index (κ1) is 20.9. The molecular weight excluding hydrogens is 422 g/mol. The summed E-state index contributed by atoms with van der Waals surface area (Å²) in [5, 5.41) is 19.1. The Kier molecular flexibility index (Phi) is 5.94. The minimum absolute atomic E-state index is 0.0647. The van der Waals surface area contributed by atoms with Crippen molar-refractivity contribution in [3.8, 4) is 23.1 Å². The minimum Gasteiger partial charge on any atom is -0.490 e. The van der Waals surface area contributed by atoms with Gasteiger partial charge in [0.05, 0.1) is 34.6 Å². The molecule has 7 nitrogen and oxygen atoms in total. The van der Waals surface area contributed by atoms with Crippen LogP contribution in [0.25, 0.3) is 22.3 Å². The van der Waals surface area contributed by atoms with Crippen molar-refractivity contribution in [2.75, 3.05) is 13.2 Å². The van der Waals surface area contributed by atoms with Gasteiger partial charge in [0.1, 0.15) is 24.2 Å². The molecular formula is C23H18ClNO6. The van der Waals surface area contributed by atoms with E-state index in [0.717, 1.165) is 0 Å². The zero-order valence-corrected chi connectivity index (χ0v) is 17.1. The van der Waals surface area contributed by atoms with Crippen LogP contribution < -0.4 is 10.2 Å². The number of hydrogen-bond donors (Lipinski definition) is 1. The number of hydrogen-bond acceptors (Lipinski definition) is 6. The van der Waals surface area contributed by atoms with E-state index in [2.05, 4.69) is 6.07 Å². The van der Waals surface area contributed by atoms with Crippen LogP contribution in [0.3, 0.4) is 0 Å². The molecule has 0 radical (unpaired) electrons. The second-order valence-corrected chi connectivity index (χ2v) is 7.67. The van der Waals surface area contributed by atoms with E-state index in [-0.39, 0.29) is 29.6 Å². The predicted octanol–water partition coefficient (Wildman–Crippen LogP) is 4.24. The molecule has 0 bridgehead atoms. The molecule has 1 N–H and O–H groups in total. The van der Waals surface area contributed by atoms with E-state index in [1.807, 2.05) is 0 Å². The van der Waals surface area contributed by atoms with Crippen LogP contribution in [0.5, 0.6) is 5.75 Å². The molecule has 0 saturated heterocycles. The summed E-state index contributed by atoms with van der Waals surface area (Å²) in [6.45, 7) is 0.518. The Morgan fingerprint density at radius 3 is 2.77 bits per heavy atom. The molecule has 0 unspecified atom stereocenters. The van der Waals surface area contributed by atoms with Crippen molar-refractivity contribution < 1.29 is 23.8 Å². The summed E-state index contributed by atoms with van der Waals surface area (Å²) in [5.41, 5.74) is 0.905. The van der Waals surface area contributed by atoms with Crippen LogP contribution in [0.15, 0.2) is 51.7 Å². The molecule has 4 rings (SSSR count). The molecule has 0 amide bonds. The van der Waals surface area contributed by atoms with E-state index in [0.29, 0.717) is 52.5 Å². The van der Waals surface area contributed by atoms with Crippen LogP contribution in [-0.4, -0.2) is 30.4 Å². The monoisotopic (exact) mass is 439 g/mol. The molecule has 3 aromatic rings. The number of benzene rings is 2. The Morgan fingerprint density at radius 2 is 2.03 bits per heavy atom. The molecule has 0 spiro atoms. The highest BCUT2D eigenvalue weighted by molar-refractivity contribution is 6.34. The molecule has 1 aliphatic carbocycles. The third-order valence-electron chi connectivity index (χ3n) is 5.23. The smallest absolute Gasteiger partial charge is 0.306 e. The molecule has 1 aromatic heterocycles. The Balaban J connectivity index is 1.45. The number of aliphatic carboxylic acids is 1. The van der Waals surface area contributed by atoms with Gasteiger partial charge in [-0.05, 0) is 43.2 Å². The van der Waals surface area contributed by atoms with Gasteiger partial charge in [0, 0.05) is 11.6 Å². The average Bonchev–Trinajstić information content (AvgIpc) is 2.72. The molecule has 31 heavy (non-hydrogen) atoms. The number of carbonyl (C=O) groups is 1. The van der Waals surface area contributed by atoms with Gasteiger partial charge in [0.25, 0.3) is 0 Å². The quantitative estimate of drug-likeness (QED) is 0.548. The van der Waals surface area contributed by atoms with Gasteiger partial charge in [-0.3, -0.25) is 9.59 Å². The van der Waals surface area contributed by atoms with Crippen molar-refractivity contribution in [2.45, 2.75) is 18.9 Å². The molecule has 158 valence electrons. The maximum absolute atomic E-state index is 12.4. The highest BCUT2D eigenvalue weighted by atomic mass is 35.5. The van der Waals surface area contributed by atoms with Crippen LogP contribution in [0.4, 0.5) is 0 Å². The SMILES string of the molecule is N#Cc1cc(-c2cc(=O)c3cccc(Cl)c3o2)ccc1OCCOC1CC(C(=O)O)C1. The lowest BCUT2D eigenvalue weighted by molar-refractivity contribution is -0.151. The third-order valence-corrected chi connectivity index (χ3v) is 5.53. The van der Waals surface area contributed by atoms with E-state index >= 15 is 0 Å². The summed E-state index contributed by atoms with van der Waals surface area (Å²) >= 11 is 6.16. The number of carboxylic acids is 1. The fourth-order valence-corrected chi connectivity index (χ4v) is 3.66. The Hall–Kier alpha value is -3.34. The van der Waals surface area contributed by atoms with Crippen LogP contribution in [0, 0.1) is 17.2 Å². The molecule has 8 heteroatoms. The summed E-state index contributed by atoms with van der Waals surface area (Å²) in [6, 6.07) is 13.3. The topological polar surface area (TPSA) is 110 Å². The first-order valence-electron chi connectivity index (χ1n) is 9.70. The maximum Gasteiger partial charge on any atom is 0.306 e. The largest absolute Gasteiger partial charge is 0.490 e. The number of carboxylic acid groups (broad SMARTS) is 1. The first-order chi connectivity index (χ1) is 15.0. The number of halogens is 1. The van der Waals surface area contributed by atoms with Gasteiger partial charge in [-0.1, -0.05) is 17.7 Å². The second-order valence-electron chi connectivity index (χ2n) is 7.26. The Morgan fingerprint density at radius 1 is 1.23 bits per heavy atom. The van der Waals surface area contributed by atoms with E-state index in [1.54, 1.807) is 36.4 Å². The summed E-state index contributed by atoms with van der Waals surface area (Å²) in [4.78, 5) is 23.2. The fourth-order valence-electron chi connectivity index (χ4n) is 3.45. The van der Waals surface area contributed by atoms with E-state index in [1.165, 1.54) is 6.07 Å². The molecule has 0 atom stereocenters. The summed E-state index contributed by atoms with van der Waals surface area (Å²) in [5.74, 6) is -0.434. The van der Waals surface area contributed by atoms with Gasteiger partial charge in [-0.15, -0.1) is 0 Å². The van der Waals surface area contributed by atoms with Crippen molar-refractivity contribution in [3.63, 3.8) is 0 Å². The van der Waals surface area contributed by atoms with Crippen molar-refractivity contribution in [2.24, 2.45) is 5.92 Å². The van der Waals surface area contributed by atoms with E-state index < -0.39 is 5.97 Å². The lowest BCUT2D eigenvalue weighted by atomic mass is 9.82. The van der Waals surface area contributed by atoms with Crippen LogP contribution in [-0.2, 0) is 9.53 Å². The summed E-state index contributed by atoms with van der Waals surface area (Å²) < 4.78 is 17.1. The van der Waals surface area contributed by atoms with Crippen molar-refractivity contribution in [1.29, 1.82) is 5.26 Å². The number of para-hydroxylation sites is 1. The van der Waals surface area contributed by atoms with Crippen LogP contribution in [0.2, 0.25) is 5.02 Å². The molecule has 1 fully saturated rings. The normalized spacial score (nSPS) is 17.7. The Labute approximate surface area is 182 Å². The van der Waals surface area contributed by atoms with Crippen molar-refractivity contribution in [1.82, 2.24) is 0 Å². The third kappa shape index (κ3) is 4.41. The Bertz CT molecular complexity index is 1240. The van der Waals surface area contributed by atoms with Crippen molar-refractivity contribution >= 4 is 28.5 Å². The van der Waals surface area contributed by atoms with Crippen molar-refractivity contribution in [3.05, 3.63) is 63.3 Å². The first-order valence-corrected chi connectivity index (χ1v) is 10.1. The highest BCUT2D eigenvalue weighted by Gasteiger charge is 2.34. The fraction of sp³-hybridized carbons (Fsp3) is 0.261. The number of ether oxygens (including phenoxy) is 2. The number of fused-ring (bicyclic) bond motifs is 1. The predicted molar refractivity (Wildman–Crippen MR) is 113 cm³/mol. The second kappa shape index (κ2) is 8.80. The van der Waals surface area contributed by atoms with Gasteiger partial charge in [-0.2, -0.15) is 5.26 Å². The number of nitrogens with zero attached hydrogens (tertiary/aromatic N) is 1. The van der Waals surface area contributed by atoms with E-state index in [9.17, 15) is 14.9 Å². The van der Waals surface area contributed by atoms with Gasteiger partial charge >= 0.3 is 5.97 Å². The molecule has 1 saturated carbocycles. The lowest BCUT2D eigenvalue weighted by Crippen LogP contribution is -2.37. The number of rotatable bonds is 7. The van der Waals surface area contributed by atoms with Crippen LogP contribution in [0.1, 0.15) is 18.4 Å².